The van der Waals surface area contributed by atoms with E-state index < -0.39 is 0 Å². The summed E-state index contributed by atoms with van der Waals surface area (Å²) in [5.41, 5.74) is 2.38. The quantitative estimate of drug-likeness (QED) is 0.863. The summed E-state index contributed by atoms with van der Waals surface area (Å²) in [4.78, 5) is 6.78. The molecule has 0 atom stereocenters. The number of nitrogens with one attached hydrogen (secondary N) is 1. The van der Waals surface area contributed by atoms with E-state index in [1.165, 1.54) is 5.69 Å². The molecule has 0 aliphatic carbocycles. The Labute approximate surface area is 109 Å². The Morgan fingerprint density at radius 2 is 2.22 bits per heavy atom. The van der Waals surface area contributed by atoms with Gasteiger partial charge in [-0.25, -0.2) is 0 Å². The van der Waals surface area contributed by atoms with Crippen LogP contribution >= 0.6 is 0 Å². The smallest absolute Gasteiger partial charge is 0.0608 e. The molecular weight excluding hydrogens is 226 g/mol. The van der Waals surface area contributed by atoms with Gasteiger partial charge in [-0.15, -0.1) is 0 Å². The predicted octanol–water partition coefficient (Wildman–Crippen LogP) is 1.81. The number of nitrogens with zero attached hydrogens (tertiary/aromatic N) is 2. The first-order valence-electron chi connectivity index (χ1n) is 6.79. The van der Waals surface area contributed by atoms with Gasteiger partial charge in [0.25, 0.3) is 0 Å². The number of aromatic nitrogens is 1. The maximum Gasteiger partial charge on any atom is 0.0608 e. The zero-order valence-electron chi connectivity index (χ0n) is 11.4. The van der Waals surface area contributed by atoms with Gasteiger partial charge in [0.1, 0.15) is 0 Å². The second kappa shape index (κ2) is 6.71. The highest BCUT2D eigenvalue weighted by Gasteiger charge is 2.19. The number of hydrogen-bond acceptors (Lipinski definition) is 4. The molecule has 1 aromatic rings. The molecule has 0 bridgehead atoms. The third-order valence-corrected chi connectivity index (χ3v) is 3.37. The van der Waals surface area contributed by atoms with Gasteiger partial charge in [-0.2, -0.15) is 0 Å². The molecule has 1 aliphatic rings. The van der Waals surface area contributed by atoms with E-state index in [4.69, 9.17) is 4.74 Å². The van der Waals surface area contributed by atoms with Crippen LogP contribution in [0.5, 0.6) is 0 Å². The lowest BCUT2D eigenvalue weighted by atomic mass is 10.1. The minimum atomic E-state index is 0.449. The number of hydrogen-bond donors (Lipinski definition) is 1. The second-order valence-corrected chi connectivity index (χ2v) is 4.68. The fourth-order valence-corrected chi connectivity index (χ4v) is 2.46. The maximum atomic E-state index is 5.68. The van der Waals surface area contributed by atoms with Crippen LogP contribution in [0, 0.1) is 0 Å². The van der Waals surface area contributed by atoms with Gasteiger partial charge in [-0.05, 0) is 38.9 Å². The van der Waals surface area contributed by atoms with Crippen LogP contribution in [0.4, 0.5) is 5.69 Å². The van der Waals surface area contributed by atoms with Crippen LogP contribution in [-0.2, 0) is 11.3 Å². The van der Waals surface area contributed by atoms with Crippen molar-refractivity contribution >= 4 is 5.69 Å². The molecule has 0 spiro atoms. The number of anilines is 1. The highest BCUT2D eigenvalue weighted by molar-refractivity contribution is 5.46. The summed E-state index contributed by atoms with van der Waals surface area (Å²) in [7, 11) is 1.95. The minimum Gasteiger partial charge on any atom is -0.378 e. The largest absolute Gasteiger partial charge is 0.378 e. The fourth-order valence-electron chi connectivity index (χ4n) is 2.46. The van der Waals surface area contributed by atoms with Crippen LogP contribution in [0.15, 0.2) is 18.3 Å². The van der Waals surface area contributed by atoms with Crippen LogP contribution in [-0.4, -0.2) is 37.8 Å². The van der Waals surface area contributed by atoms with Crippen molar-refractivity contribution < 1.29 is 4.74 Å². The SMILES string of the molecule is CCOC1CCN(c2ccnc(CNC)c2)CC1. The molecule has 2 heterocycles. The lowest BCUT2D eigenvalue weighted by Gasteiger charge is -2.33. The van der Waals surface area contributed by atoms with Gasteiger partial charge < -0.3 is 15.0 Å². The summed E-state index contributed by atoms with van der Waals surface area (Å²) in [6.45, 7) is 5.87. The minimum absolute atomic E-state index is 0.449. The van der Waals surface area contributed by atoms with E-state index >= 15 is 0 Å². The van der Waals surface area contributed by atoms with Crippen LogP contribution in [0.3, 0.4) is 0 Å². The Morgan fingerprint density at radius 1 is 1.44 bits per heavy atom. The fraction of sp³-hybridized carbons (Fsp3) is 0.643. The second-order valence-electron chi connectivity index (χ2n) is 4.68. The molecule has 0 amide bonds. The first-order valence-corrected chi connectivity index (χ1v) is 6.79. The van der Waals surface area contributed by atoms with Crippen molar-refractivity contribution in [3.63, 3.8) is 0 Å². The molecule has 1 aromatic heterocycles. The Hall–Kier alpha value is -1.13. The Morgan fingerprint density at radius 3 is 2.89 bits per heavy atom. The van der Waals surface area contributed by atoms with Crippen molar-refractivity contribution in [1.29, 1.82) is 0 Å². The van der Waals surface area contributed by atoms with E-state index in [-0.39, 0.29) is 0 Å². The van der Waals surface area contributed by atoms with Crippen molar-refractivity contribution in [1.82, 2.24) is 10.3 Å². The van der Waals surface area contributed by atoms with Gasteiger partial charge in [0.2, 0.25) is 0 Å². The molecule has 18 heavy (non-hydrogen) atoms. The third-order valence-electron chi connectivity index (χ3n) is 3.37. The van der Waals surface area contributed by atoms with Gasteiger partial charge in [0, 0.05) is 38.1 Å². The van der Waals surface area contributed by atoms with Crippen LogP contribution in [0.1, 0.15) is 25.5 Å². The zero-order valence-corrected chi connectivity index (χ0v) is 11.4. The molecule has 1 N–H and O–H groups in total. The summed E-state index contributed by atoms with van der Waals surface area (Å²) < 4.78 is 5.68. The highest BCUT2D eigenvalue weighted by atomic mass is 16.5. The molecule has 1 aliphatic heterocycles. The average molecular weight is 249 g/mol. The predicted molar refractivity (Wildman–Crippen MR) is 73.9 cm³/mol. The lowest BCUT2D eigenvalue weighted by molar-refractivity contribution is 0.0459. The molecule has 4 nitrogen and oxygen atoms in total. The van der Waals surface area contributed by atoms with E-state index in [2.05, 4.69) is 34.3 Å². The maximum absolute atomic E-state index is 5.68. The van der Waals surface area contributed by atoms with Gasteiger partial charge in [0.05, 0.1) is 11.8 Å². The van der Waals surface area contributed by atoms with Crippen molar-refractivity contribution in [2.75, 3.05) is 31.6 Å². The summed E-state index contributed by atoms with van der Waals surface area (Å²) in [6.07, 6.45) is 4.59. The zero-order chi connectivity index (χ0) is 12.8. The Kier molecular flexibility index (Phi) is 4.96. The average Bonchev–Trinajstić information content (AvgIpc) is 2.41. The summed E-state index contributed by atoms with van der Waals surface area (Å²) in [5, 5.41) is 3.14. The Bertz CT molecular complexity index is 362. The molecule has 0 unspecified atom stereocenters. The van der Waals surface area contributed by atoms with Gasteiger partial charge in [0.15, 0.2) is 0 Å². The van der Waals surface area contributed by atoms with Crippen molar-refractivity contribution in [2.45, 2.75) is 32.4 Å². The summed E-state index contributed by atoms with van der Waals surface area (Å²) in [6, 6.07) is 4.28. The molecule has 2 rings (SSSR count). The third kappa shape index (κ3) is 3.43. The topological polar surface area (TPSA) is 37.4 Å². The number of rotatable bonds is 5. The highest BCUT2D eigenvalue weighted by Crippen LogP contribution is 2.21. The van der Waals surface area contributed by atoms with Crippen molar-refractivity contribution in [2.24, 2.45) is 0 Å². The molecule has 0 saturated carbocycles. The van der Waals surface area contributed by atoms with Gasteiger partial charge in [-0.1, -0.05) is 0 Å². The lowest BCUT2D eigenvalue weighted by Crippen LogP contribution is -2.37. The molecule has 1 fully saturated rings. The molecule has 0 radical (unpaired) electrons. The van der Waals surface area contributed by atoms with E-state index in [0.717, 1.165) is 44.8 Å². The molecule has 100 valence electrons. The standard InChI is InChI=1S/C14H23N3O/c1-3-18-14-5-8-17(9-6-14)13-4-7-16-12(10-13)11-15-2/h4,7,10,14-15H,3,5-6,8-9,11H2,1-2H3. The van der Waals surface area contributed by atoms with E-state index in [0.29, 0.717) is 6.10 Å². The number of piperidine rings is 1. The summed E-state index contributed by atoms with van der Waals surface area (Å²) in [5.74, 6) is 0. The first-order chi connectivity index (χ1) is 8.83. The first kappa shape index (κ1) is 13.3. The van der Waals surface area contributed by atoms with Crippen LogP contribution in [0.2, 0.25) is 0 Å². The van der Waals surface area contributed by atoms with E-state index in [1.54, 1.807) is 0 Å². The number of ether oxygens (including phenoxy) is 1. The van der Waals surface area contributed by atoms with E-state index in [9.17, 15) is 0 Å². The van der Waals surface area contributed by atoms with Gasteiger partial charge in [-0.3, -0.25) is 4.98 Å². The van der Waals surface area contributed by atoms with Crippen molar-refractivity contribution in [3.8, 4) is 0 Å². The monoisotopic (exact) mass is 249 g/mol. The normalized spacial score (nSPS) is 17.1. The van der Waals surface area contributed by atoms with Crippen molar-refractivity contribution in [3.05, 3.63) is 24.0 Å². The number of pyridine rings is 1. The molecular formula is C14H23N3O. The van der Waals surface area contributed by atoms with Gasteiger partial charge >= 0.3 is 0 Å². The summed E-state index contributed by atoms with van der Waals surface area (Å²) >= 11 is 0. The molecule has 0 aromatic carbocycles. The van der Waals surface area contributed by atoms with E-state index in [1.807, 2.05) is 13.2 Å². The van der Waals surface area contributed by atoms with Crippen LogP contribution < -0.4 is 10.2 Å². The molecule has 4 heteroatoms. The molecule has 1 saturated heterocycles. The Balaban J connectivity index is 1.94. The van der Waals surface area contributed by atoms with Crippen LogP contribution in [0.25, 0.3) is 0 Å².